The van der Waals surface area contributed by atoms with Gasteiger partial charge in [-0.2, -0.15) is 0 Å². The van der Waals surface area contributed by atoms with Crippen molar-refractivity contribution in [1.82, 2.24) is 0 Å². The third kappa shape index (κ3) is 4.15. The van der Waals surface area contributed by atoms with Crippen molar-refractivity contribution in [2.45, 2.75) is 72.1 Å². The van der Waals surface area contributed by atoms with Gasteiger partial charge in [0.05, 0.1) is 0 Å². The Morgan fingerprint density at radius 2 is 1.83 bits per heavy atom. The van der Waals surface area contributed by atoms with Gasteiger partial charge in [0.15, 0.2) is 0 Å². The van der Waals surface area contributed by atoms with Crippen LogP contribution in [0.2, 0.25) is 0 Å². The molecule has 0 unspecified atom stereocenters. The number of benzene rings is 1. The maximum Gasteiger partial charge on any atom is -0.0129 e. The van der Waals surface area contributed by atoms with Gasteiger partial charge in [-0.3, -0.25) is 0 Å². The number of unbranched alkanes of at least 4 members (excludes halogenated alkanes) is 2. The highest BCUT2D eigenvalue weighted by molar-refractivity contribution is 5.39. The second kappa shape index (κ2) is 6.97. The second-order valence-corrected chi connectivity index (χ2v) is 6.24. The van der Waals surface area contributed by atoms with Crippen molar-refractivity contribution in [1.29, 1.82) is 0 Å². The van der Waals surface area contributed by atoms with Gasteiger partial charge in [0.1, 0.15) is 0 Å². The molecule has 101 valence electrons. The lowest BCUT2D eigenvalue weighted by atomic mass is 9.80. The predicted molar refractivity (Wildman–Crippen MR) is 82.0 cm³/mol. The number of hydrogen-bond acceptors (Lipinski definition) is 0. The van der Waals surface area contributed by atoms with E-state index in [9.17, 15) is 0 Å². The van der Waals surface area contributed by atoms with Crippen LogP contribution in [-0.2, 0) is 18.3 Å². The Morgan fingerprint density at radius 3 is 2.39 bits per heavy atom. The lowest BCUT2D eigenvalue weighted by Crippen LogP contribution is -2.16. The van der Waals surface area contributed by atoms with Gasteiger partial charge in [0.2, 0.25) is 0 Å². The third-order valence-electron chi connectivity index (χ3n) is 3.52. The van der Waals surface area contributed by atoms with E-state index in [1.54, 1.807) is 16.7 Å². The fourth-order valence-electron chi connectivity index (χ4n) is 2.62. The second-order valence-electron chi connectivity index (χ2n) is 6.24. The summed E-state index contributed by atoms with van der Waals surface area (Å²) in [6.45, 7) is 11.4. The summed E-state index contributed by atoms with van der Waals surface area (Å²) in [5.41, 5.74) is 4.99. The van der Waals surface area contributed by atoms with Crippen LogP contribution in [0.3, 0.4) is 0 Å². The Balaban J connectivity index is 3.04. The van der Waals surface area contributed by atoms with Crippen LogP contribution in [0, 0.1) is 6.42 Å². The van der Waals surface area contributed by atoms with Crippen molar-refractivity contribution in [3.8, 4) is 0 Å². The van der Waals surface area contributed by atoms with E-state index < -0.39 is 0 Å². The monoisotopic (exact) mass is 245 g/mol. The maximum absolute atomic E-state index is 2.33. The first-order chi connectivity index (χ1) is 8.50. The van der Waals surface area contributed by atoms with Crippen LogP contribution >= 0.6 is 0 Å². The fraction of sp³-hybridized carbons (Fsp3) is 0.611. The summed E-state index contributed by atoms with van der Waals surface area (Å²) in [7, 11) is 0. The van der Waals surface area contributed by atoms with Crippen LogP contribution in [0.5, 0.6) is 0 Å². The Labute approximate surface area is 114 Å². The molecule has 0 amide bonds. The molecule has 0 N–H and O–H groups in total. The maximum atomic E-state index is 2.33. The molecular formula is C18H29. The Morgan fingerprint density at radius 1 is 1.11 bits per heavy atom. The molecule has 0 aromatic heterocycles. The first kappa shape index (κ1) is 15.3. The van der Waals surface area contributed by atoms with E-state index in [1.165, 1.54) is 32.1 Å². The first-order valence-electron chi connectivity index (χ1n) is 7.39. The van der Waals surface area contributed by atoms with Crippen LogP contribution in [0.25, 0.3) is 0 Å². The van der Waals surface area contributed by atoms with Crippen molar-refractivity contribution >= 4 is 0 Å². The normalized spacial score (nSPS) is 11.8. The molecule has 0 heteroatoms. The zero-order valence-electron chi connectivity index (χ0n) is 12.8. The Bertz CT molecular complexity index is 355. The lowest BCUT2D eigenvalue weighted by molar-refractivity contribution is 0.577. The lowest BCUT2D eigenvalue weighted by Gasteiger charge is -2.25. The minimum absolute atomic E-state index is 0.259. The highest BCUT2D eigenvalue weighted by Gasteiger charge is 2.19. The summed E-state index contributed by atoms with van der Waals surface area (Å²) in [5, 5.41) is 0. The van der Waals surface area contributed by atoms with Crippen LogP contribution < -0.4 is 0 Å². The van der Waals surface area contributed by atoms with Crippen molar-refractivity contribution in [2.75, 3.05) is 0 Å². The standard InChI is InChI=1S/C18H29/c1-6-8-9-13-16-15(11-7-2)12-10-14-17(16)18(3,4)5/h6,10,12,14H,7-9,11,13H2,1-5H3. The molecule has 1 rings (SSSR count). The van der Waals surface area contributed by atoms with E-state index >= 15 is 0 Å². The topological polar surface area (TPSA) is 0 Å². The average Bonchev–Trinajstić information content (AvgIpc) is 2.30. The predicted octanol–water partition coefficient (Wildman–Crippen LogP) is 5.48. The molecule has 1 aromatic rings. The molecule has 18 heavy (non-hydrogen) atoms. The van der Waals surface area contributed by atoms with Gasteiger partial charge in [0, 0.05) is 0 Å². The SMILES string of the molecule is C[CH]CCCc1c(CCC)cccc1C(C)(C)C. The van der Waals surface area contributed by atoms with Crippen LogP contribution in [0.4, 0.5) is 0 Å². The highest BCUT2D eigenvalue weighted by Crippen LogP contribution is 2.30. The minimum atomic E-state index is 0.259. The molecule has 0 aliphatic carbocycles. The third-order valence-corrected chi connectivity index (χ3v) is 3.52. The van der Waals surface area contributed by atoms with Crippen LogP contribution in [0.15, 0.2) is 18.2 Å². The zero-order chi connectivity index (χ0) is 13.6. The van der Waals surface area contributed by atoms with E-state index in [0.717, 1.165) is 0 Å². The fourth-order valence-corrected chi connectivity index (χ4v) is 2.62. The number of hydrogen-bond donors (Lipinski definition) is 0. The summed E-state index contributed by atoms with van der Waals surface area (Å²) < 4.78 is 0. The smallest absolute Gasteiger partial charge is 0.0129 e. The quantitative estimate of drug-likeness (QED) is 0.582. The zero-order valence-corrected chi connectivity index (χ0v) is 12.8. The largest absolute Gasteiger partial charge is 0.0651 e. The average molecular weight is 245 g/mol. The molecule has 1 aromatic carbocycles. The first-order valence-corrected chi connectivity index (χ1v) is 7.39. The Hall–Kier alpha value is -0.780. The molecule has 0 fully saturated rings. The summed E-state index contributed by atoms with van der Waals surface area (Å²) in [6, 6.07) is 6.88. The summed E-state index contributed by atoms with van der Waals surface area (Å²) >= 11 is 0. The minimum Gasteiger partial charge on any atom is -0.0651 e. The summed E-state index contributed by atoms with van der Waals surface area (Å²) in [4.78, 5) is 0. The van der Waals surface area contributed by atoms with Gasteiger partial charge in [-0.15, -0.1) is 0 Å². The molecular weight excluding hydrogens is 216 g/mol. The van der Waals surface area contributed by atoms with Crippen LogP contribution in [0.1, 0.15) is 70.6 Å². The van der Waals surface area contributed by atoms with Crippen molar-refractivity contribution in [3.63, 3.8) is 0 Å². The molecule has 0 saturated heterocycles. The van der Waals surface area contributed by atoms with E-state index in [-0.39, 0.29) is 5.41 Å². The summed E-state index contributed by atoms with van der Waals surface area (Å²) in [5.74, 6) is 0. The molecule has 0 aliphatic heterocycles. The molecule has 0 saturated carbocycles. The van der Waals surface area contributed by atoms with Gasteiger partial charge in [0.25, 0.3) is 0 Å². The van der Waals surface area contributed by atoms with Gasteiger partial charge >= 0.3 is 0 Å². The highest BCUT2D eigenvalue weighted by atomic mass is 14.2. The molecule has 0 spiro atoms. The van der Waals surface area contributed by atoms with Gasteiger partial charge in [-0.25, -0.2) is 0 Å². The van der Waals surface area contributed by atoms with Crippen molar-refractivity contribution in [3.05, 3.63) is 41.3 Å². The number of aryl methyl sites for hydroxylation is 1. The molecule has 0 nitrogen and oxygen atoms in total. The number of rotatable bonds is 6. The van der Waals surface area contributed by atoms with E-state index in [1.807, 2.05) is 0 Å². The van der Waals surface area contributed by atoms with Gasteiger partial charge in [-0.1, -0.05) is 65.7 Å². The van der Waals surface area contributed by atoms with Gasteiger partial charge in [-0.05, 0) is 47.8 Å². The van der Waals surface area contributed by atoms with Crippen molar-refractivity contribution < 1.29 is 0 Å². The summed E-state index contributed by atoms with van der Waals surface area (Å²) in [6.07, 6.45) is 8.46. The molecule has 0 bridgehead atoms. The van der Waals surface area contributed by atoms with Crippen LogP contribution in [-0.4, -0.2) is 0 Å². The van der Waals surface area contributed by atoms with E-state index in [0.29, 0.717) is 0 Å². The van der Waals surface area contributed by atoms with Crippen molar-refractivity contribution in [2.24, 2.45) is 0 Å². The molecule has 1 radical (unpaired) electrons. The Kier molecular flexibility index (Phi) is 5.91. The van der Waals surface area contributed by atoms with E-state index in [2.05, 4.69) is 59.2 Å². The van der Waals surface area contributed by atoms with Gasteiger partial charge < -0.3 is 0 Å². The molecule has 0 atom stereocenters. The molecule has 0 aliphatic rings. The molecule has 0 heterocycles. The van der Waals surface area contributed by atoms with E-state index in [4.69, 9.17) is 0 Å².